The van der Waals surface area contributed by atoms with Crippen molar-refractivity contribution in [2.75, 3.05) is 86.1 Å². The van der Waals surface area contributed by atoms with E-state index >= 15 is 0 Å². The molecule has 0 aliphatic rings. The molecule has 0 heterocycles. The second-order valence-corrected chi connectivity index (χ2v) is 10.3. The lowest BCUT2D eigenvalue weighted by molar-refractivity contribution is -0.904. The number of hydrogen-bond donors (Lipinski definition) is 1. The molecule has 0 fully saturated rings. The highest BCUT2D eigenvalue weighted by molar-refractivity contribution is 6.24. The van der Waals surface area contributed by atoms with Crippen molar-refractivity contribution in [3.8, 4) is 5.75 Å². The van der Waals surface area contributed by atoms with Gasteiger partial charge in [-0.1, -0.05) is 23.7 Å². The van der Waals surface area contributed by atoms with Gasteiger partial charge in [-0.2, -0.15) is 0 Å². The first-order valence-electron chi connectivity index (χ1n) is 14.5. The van der Waals surface area contributed by atoms with Crippen LogP contribution in [0.2, 0.25) is 0 Å². The maximum atomic E-state index is 11.0. The summed E-state index contributed by atoms with van der Waals surface area (Å²) < 4.78 is 8.10. The van der Waals surface area contributed by atoms with Gasteiger partial charge in [0.15, 0.2) is 6.07 Å². The number of phenolic OH excluding ortho intramolecular Hbond substituents is 1. The molecule has 0 radical (unpaired) electrons. The topological polar surface area (TPSA) is 116 Å². The lowest BCUT2D eigenvalue weighted by Gasteiger charge is -2.35. The molecule has 0 atom stereocenters. The third-order valence-electron chi connectivity index (χ3n) is 8.18. The quantitative estimate of drug-likeness (QED) is 0.182. The standard InChI is InChI=1S/C8H7ClO3.3C7H18N.BO3/c9-5-12-8(11)6-3-1-2-4-7(6)10;3*1-5-8(4,6-2)7-3;2-1(3)4/h1-4,10H,5H2;3*5-7H2,1-4H3;/q;3*+1;-3. The maximum Gasteiger partial charge on any atom is 0.343 e. The fourth-order valence-corrected chi connectivity index (χ4v) is 2.89. The predicted octanol–water partition coefficient (Wildman–Crippen LogP) is 2.28. The van der Waals surface area contributed by atoms with Gasteiger partial charge in [-0.3, -0.25) is 7.32 Å². The highest BCUT2D eigenvalue weighted by Crippen LogP contribution is 2.16. The van der Waals surface area contributed by atoms with E-state index in [9.17, 15) is 4.79 Å². The molecule has 9 nitrogen and oxygen atoms in total. The number of halogens is 1. The molecule has 1 N–H and O–H groups in total. The van der Waals surface area contributed by atoms with Crippen LogP contribution in [0.5, 0.6) is 5.75 Å². The van der Waals surface area contributed by atoms with E-state index in [1.165, 1.54) is 84.5 Å². The number of nitrogens with zero attached hydrogens (tertiary/aromatic N) is 3. The van der Waals surface area contributed by atoms with Crippen LogP contribution in [0.1, 0.15) is 72.7 Å². The van der Waals surface area contributed by atoms with Gasteiger partial charge >= 0.3 is 5.97 Å². The van der Waals surface area contributed by atoms with Crippen molar-refractivity contribution in [2.45, 2.75) is 62.3 Å². The van der Waals surface area contributed by atoms with Gasteiger partial charge in [-0.15, -0.1) is 0 Å². The van der Waals surface area contributed by atoms with Crippen molar-refractivity contribution < 1.29 is 43.2 Å². The summed E-state index contributed by atoms with van der Waals surface area (Å²) in [6.07, 6.45) is 0. The van der Waals surface area contributed by atoms with E-state index in [1.807, 2.05) is 0 Å². The third-order valence-corrected chi connectivity index (χ3v) is 8.29. The van der Waals surface area contributed by atoms with Crippen molar-refractivity contribution in [3.63, 3.8) is 0 Å². The molecule has 0 saturated heterocycles. The van der Waals surface area contributed by atoms with Crippen LogP contribution in [0, 0.1) is 0 Å². The number of carbonyl (C=O) groups excluding carboxylic acids is 1. The van der Waals surface area contributed by atoms with Crippen LogP contribution in [0.4, 0.5) is 0 Å². The molecule has 0 amide bonds. The van der Waals surface area contributed by atoms with Crippen molar-refractivity contribution in [1.29, 1.82) is 0 Å². The summed E-state index contributed by atoms with van der Waals surface area (Å²) >= 11 is 5.17. The summed E-state index contributed by atoms with van der Waals surface area (Å²) in [4.78, 5) is 11.0. The molecule has 0 aromatic heterocycles. The van der Waals surface area contributed by atoms with E-state index in [-0.39, 0.29) is 17.4 Å². The van der Waals surface area contributed by atoms with Gasteiger partial charge in [-0.05, 0) is 74.4 Å². The van der Waals surface area contributed by atoms with Crippen molar-refractivity contribution in [1.82, 2.24) is 0 Å². The number of phenols is 1. The number of ether oxygens (including phenoxy) is 1. The molecule has 0 spiro atoms. The van der Waals surface area contributed by atoms with Crippen LogP contribution < -0.4 is 15.1 Å². The molecule has 40 heavy (non-hydrogen) atoms. The number of benzene rings is 1. The highest BCUT2D eigenvalue weighted by atomic mass is 35.5. The number of esters is 1. The fraction of sp³-hybridized carbons (Fsp3) is 0.759. The zero-order chi connectivity index (χ0) is 32.4. The van der Waals surface area contributed by atoms with Gasteiger partial charge in [0.05, 0.1) is 80.0 Å². The van der Waals surface area contributed by atoms with Gasteiger partial charge < -0.3 is 38.4 Å². The summed E-state index contributed by atoms with van der Waals surface area (Å²) in [6, 6.07) is 5.90. The van der Waals surface area contributed by atoms with Crippen LogP contribution in [-0.2, 0) is 4.74 Å². The summed E-state index contributed by atoms with van der Waals surface area (Å²) in [5, 5.41) is 34.4. The second kappa shape index (κ2) is 26.5. The average molecular weight is 594 g/mol. The van der Waals surface area contributed by atoms with E-state index in [0.29, 0.717) is 0 Å². The molecule has 1 aromatic carbocycles. The zero-order valence-corrected chi connectivity index (χ0v) is 28.4. The van der Waals surface area contributed by atoms with Crippen LogP contribution in [0.3, 0.4) is 0 Å². The Labute approximate surface area is 251 Å². The monoisotopic (exact) mass is 593 g/mol. The first-order valence-corrected chi connectivity index (χ1v) is 15.1. The van der Waals surface area contributed by atoms with Gasteiger partial charge in [-0.25, -0.2) is 4.79 Å². The summed E-state index contributed by atoms with van der Waals surface area (Å²) in [6.45, 7) is 31.5. The minimum absolute atomic E-state index is 0.104. The van der Waals surface area contributed by atoms with E-state index in [2.05, 4.69) is 88.2 Å². The van der Waals surface area contributed by atoms with E-state index in [1.54, 1.807) is 12.1 Å². The Morgan fingerprint density at radius 1 is 0.700 bits per heavy atom. The fourth-order valence-electron chi connectivity index (χ4n) is 2.79. The van der Waals surface area contributed by atoms with Crippen molar-refractivity contribution >= 4 is 24.9 Å². The number of carbonyl (C=O) groups is 1. The molecular formula is C29H61BClN3O6. The largest absolute Gasteiger partial charge is 0.907 e. The number of alkyl halides is 1. The molecule has 1 rings (SSSR count). The number of aromatic hydroxyl groups is 1. The van der Waals surface area contributed by atoms with E-state index in [4.69, 9.17) is 31.8 Å². The van der Waals surface area contributed by atoms with Crippen molar-refractivity contribution in [2.24, 2.45) is 0 Å². The number of rotatable bonds is 11. The molecule has 11 heteroatoms. The molecule has 0 aliphatic carbocycles. The molecule has 1 aromatic rings. The van der Waals surface area contributed by atoms with Crippen molar-refractivity contribution in [3.05, 3.63) is 29.8 Å². The SMILES string of the molecule is CC[N+](C)(CC)CC.CC[N+](C)(CC)CC.CC[N+](C)(CC)CC.O=C(OCCl)c1ccccc1O.[O-]B([O-])[O-]. The third kappa shape index (κ3) is 24.4. The van der Waals surface area contributed by atoms with Crippen LogP contribution in [0.25, 0.3) is 0 Å². The first-order chi connectivity index (χ1) is 18.5. The Morgan fingerprint density at radius 2 is 0.950 bits per heavy atom. The lowest BCUT2D eigenvalue weighted by Crippen LogP contribution is -2.56. The van der Waals surface area contributed by atoms with Gasteiger partial charge in [0.2, 0.25) is 0 Å². The Bertz CT molecular complexity index is 646. The van der Waals surface area contributed by atoms with Gasteiger partial charge in [0.25, 0.3) is 0 Å². The molecule has 0 unspecified atom stereocenters. The van der Waals surface area contributed by atoms with Gasteiger partial charge in [0.1, 0.15) is 11.3 Å². The Hall–Kier alpha value is -1.40. The molecule has 0 aliphatic heterocycles. The Balaban J connectivity index is -0.000000210. The highest BCUT2D eigenvalue weighted by Gasteiger charge is 2.12. The van der Waals surface area contributed by atoms with Crippen LogP contribution in [-0.4, -0.2) is 118 Å². The van der Waals surface area contributed by atoms with E-state index < -0.39 is 13.3 Å². The number of hydrogen-bond acceptors (Lipinski definition) is 6. The van der Waals surface area contributed by atoms with E-state index in [0.717, 1.165) is 0 Å². The minimum atomic E-state index is -2.92. The van der Waals surface area contributed by atoms with Crippen LogP contribution in [0.15, 0.2) is 24.3 Å². The predicted molar refractivity (Wildman–Crippen MR) is 163 cm³/mol. The molecule has 238 valence electrons. The summed E-state index contributed by atoms with van der Waals surface area (Å²) in [5.74, 6) is -0.726. The molecule has 0 saturated carbocycles. The maximum absolute atomic E-state index is 11.0. The average Bonchev–Trinajstić information content (AvgIpc) is 2.97. The minimum Gasteiger partial charge on any atom is -0.907 e. The Morgan fingerprint density at radius 3 is 1.12 bits per heavy atom. The number of quaternary nitrogens is 3. The normalized spacial score (nSPS) is 10.7. The van der Waals surface area contributed by atoms with Gasteiger partial charge in [0, 0.05) is 0 Å². The summed E-state index contributed by atoms with van der Waals surface area (Å²) in [5.41, 5.74) is 0.123. The molecular weight excluding hydrogens is 533 g/mol. The second-order valence-electron chi connectivity index (χ2n) is 10.1. The Kier molecular flexibility index (Phi) is 30.2. The zero-order valence-electron chi connectivity index (χ0n) is 27.7. The lowest BCUT2D eigenvalue weighted by atomic mass is 10.2. The summed E-state index contributed by atoms with van der Waals surface area (Å²) in [7, 11) is 3.96. The first kappa shape index (κ1) is 45.6. The smallest absolute Gasteiger partial charge is 0.343 e. The van der Waals surface area contributed by atoms with Crippen LogP contribution >= 0.6 is 11.6 Å². The number of para-hydroxylation sites is 1. The molecule has 0 bridgehead atoms.